The zero-order valence-electron chi connectivity index (χ0n) is 38.0. The first-order valence-electron chi connectivity index (χ1n) is 18.5. The van der Waals surface area contributed by atoms with E-state index in [1.54, 1.807) is 73.7 Å². The number of azo groups is 3. The van der Waals surface area contributed by atoms with E-state index < -0.39 is 20.8 Å². The Morgan fingerprint density at radius 2 is 1.25 bits per heavy atom. The number of nitrogen functional groups attached to an aromatic ring is 1. The molecule has 5 N–H and O–H groups in total. The Balaban J connectivity index is 0.00000355. The molecular weight excluding hydrogens is 1120 g/mol. The zero-order valence-corrected chi connectivity index (χ0v) is 50.2. The van der Waals surface area contributed by atoms with E-state index in [1.165, 1.54) is 30.3 Å². The maximum Gasteiger partial charge on any atom is 1.00 e. The fraction of sp³-hybridized carbons (Fsp3) is 0.0500. The molecule has 0 fully saturated rings. The average Bonchev–Trinajstić information content (AvgIpc) is 3.31. The molecule has 23 nitrogen and oxygen atoms in total. The van der Waals surface area contributed by atoms with Crippen LogP contribution >= 0.6 is 36.1 Å². The smallest absolute Gasteiger partial charge is 0.744 e. The number of hydrogen-bond donors (Lipinski definition) is 4. The summed E-state index contributed by atoms with van der Waals surface area (Å²) in [5.74, 6) is -0.225. The number of nitrogens with one attached hydrogen (secondary N) is 1. The molecule has 7 aromatic carbocycles. The molecule has 7 rings (SSSR count). The molecule has 0 saturated carbocycles. The van der Waals surface area contributed by atoms with Crippen molar-refractivity contribution in [2.75, 3.05) is 17.8 Å². The Morgan fingerprint density at radius 1 is 0.625 bits per heavy atom. The van der Waals surface area contributed by atoms with Crippen LogP contribution in [0.4, 0.5) is 45.5 Å². The first-order chi connectivity index (χ1) is 32.3. The van der Waals surface area contributed by atoms with E-state index in [0.717, 1.165) is 12.1 Å². The van der Waals surface area contributed by atoms with Crippen LogP contribution in [0, 0.1) is 6.92 Å². The van der Waals surface area contributed by atoms with Gasteiger partial charge in [0.05, 0.1) is 67.9 Å². The van der Waals surface area contributed by atoms with Crippen LogP contribution in [-0.2, 0) is 55.3 Å². The van der Waals surface area contributed by atoms with Crippen LogP contribution in [0.3, 0.4) is 0 Å². The molecule has 7 aromatic rings. The Kier molecular flexibility index (Phi) is 29.3. The molecule has 0 aliphatic heterocycles. The molecule has 72 heavy (non-hydrogen) atoms. The van der Waals surface area contributed by atoms with Crippen molar-refractivity contribution in [2.45, 2.75) is 26.5 Å². The van der Waals surface area contributed by atoms with Crippen LogP contribution < -0.4 is 150 Å². The fourth-order valence-electron chi connectivity index (χ4n) is 6.06. The molecule has 357 valence electrons. The average molecular weight is 1140 g/mol. The second-order valence-electron chi connectivity index (χ2n) is 13.4. The maximum absolute atomic E-state index is 12.1. The van der Waals surface area contributed by atoms with Crippen LogP contribution in [0.5, 0.6) is 17.2 Å². The predicted molar refractivity (Wildman–Crippen MR) is 233 cm³/mol. The Labute approximate surface area is 520 Å². The van der Waals surface area contributed by atoms with Gasteiger partial charge in [0.15, 0.2) is 12.5 Å². The summed E-state index contributed by atoms with van der Waals surface area (Å²) < 4.78 is 55.2. The van der Waals surface area contributed by atoms with E-state index in [2.05, 4.69) is 64.1 Å². The van der Waals surface area contributed by atoms with Crippen LogP contribution in [0.15, 0.2) is 159 Å². The number of hydrogen-bond acceptors (Lipinski definition) is 26. The van der Waals surface area contributed by atoms with Gasteiger partial charge in [-0.15, -0.1) is 15.3 Å². The molecule has 0 saturated heterocycles. The van der Waals surface area contributed by atoms with Gasteiger partial charge < -0.3 is 46.3 Å². The van der Waals surface area contributed by atoms with E-state index >= 15 is 0 Å². The summed E-state index contributed by atoms with van der Waals surface area (Å²) in [6.07, 6.45) is 0. The van der Waals surface area contributed by atoms with Gasteiger partial charge in [0, 0.05) is 50.2 Å². The molecule has 0 aliphatic rings. The van der Waals surface area contributed by atoms with Crippen molar-refractivity contribution in [3.8, 4) is 17.2 Å². The van der Waals surface area contributed by atoms with Crippen LogP contribution in [0.25, 0.3) is 21.5 Å². The van der Waals surface area contributed by atoms with Crippen molar-refractivity contribution < 1.29 is 207 Å². The van der Waals surface area contributed by atoms with Crippen molar-refractivity contribution in [2.24, 2.45) is 30.7 Å². The number of benzene rings is 7. The van der Waals surface area contributed by atoms with Crippen molar-refractivity contribution in [3.05, 3.63) is 115 Å². The Morgan fingerprint density at radius 3 is 1.92 bits per heavy atom. The molecule has 0 bridgehead atoms. The minimum absolute atomic E-state index is 0. The van der Waals surface area contributed by atoms with Gasteiger partial charge in [-0.25, -0.2) is 8.42 Å². The molecule has 0 atom stereocenters. The number of anilines is 2. The zero-order chi connectivity index (χ0) is 47.5. The summed E-state index contributed by atoms with van der Waals surface area (Å²) in [5.41, 5.74) is 8.12. The van der Waals surface area contributed by atoms with Crippen molar-refractivity contribution in [1.29, 1.82) is 0 Å². The van der Waals surface area contributed by atoms with Crippen molar-refractivity contribution in [3.63, 3.8) is 0 Å². The first kappa shape index (κ1) is 66.1. The molecule has 0 aliphatic carbocycles. The largest absolute Gasteiger partial charge is 1.00 e. The second kappa shape index (κ2) is 31.9. The molecule has 0 unspecified atom stereocenters. The summed E-state index contributed by atoms with van der Waals surface area (Å²) >= 11 is 1.30. The summed E-state index contributed by atoms with van der Waals surface area (Å²) in [6, 6.07) is 27.5. The number of nitrogens with two attached hydrogens (primary N) is 1. The van der Waals surface area contributed by atoms with Gasteiger partial charge in [-0.3, -0.25) is 15.1 Å². The minimum atomic E-state index is -4.96. The third-order valence-electron chi connectivity index (χ3n) is 9.09. The number of aromatic hydroxyl groups is 2. The summed E-state index contributed by atoms with van der Waals surface area (Å²) in [7, 11) is -4.96. The number of aryl methyl sites for hydroxylation is 1. The quantitative estimate of drug-likeness (QED) is 0.00845. The van der Waals surface area contributed by atoms with Crippen LogP contribution in [-0.4, -0.2) is 29.9 Å². The Bertz CT molecular complexity index is 3160. The van der Waals surface area contributed by atoms with Crippen LogP contribution in [0.1, 0.15) is 5.56 Å². The molecule has 1 radical (unpaired) electrons. The number of phenolic OH excluding ortho intramolecular Hbond substituents is 2. The topological polar surface area (TPSA) is 344 Å². The summed E-state index contributed by atoms with van der Waals surface area (Å²) in [6.45, 7) is 1.81. The van der Waals surface area contributed by atoms with E-state index in [4.69, 9.17) is 10.5 Å². The van der Waals surface area contributed by atoms with Gasteiger partial charge in [0.1, 0.15) is 38.7 Å². The van der Waals surface area contributed by atoms with Gasteiger partial charge in [0.25, 0.3) is 0 Å². The number of ether oxygens (including phenoxy) is 1. The molecule has 32 heteroatoms. The minimum Gasteiger partial charge on any atom is -0.744 e. The fourth-order valence-corrected chi connectivity index (χ4v) is 8.24. The summed E-state index contributed by atoms with van der Waals surface area (Å²) in [4.78, 5) is -0.255. The monoisotopic (exact) mass is 1140 g/mol. The molecule has 0 amide bonds. The molecular formula is C40H28CuN8Na4O15S4. The summed E-state index contributed by atoms with van der Waals surface area (Å²) in [5, 5.41) is 93.8. The SMILES string of the molecule is Cc1cc(N=Nc2cc(O)c(N=Nc3c(SOO[O-])cc4cc(NCOc5ccc(N)cc5)ccc4c3O)cc2SOO[O-])ccc1N=Nc1ccc2cc(SOO[O-])cc(S(=O)(=O)[O-])c2c1.[Cu].[Na+].[Na+].[Na+].[Na+]. The van der Waals surface area contributed by atoms with Crippen molar-refractivity contribution in [1.82, 2.24) is 0 Å². The Hall–Kier alpha value is -2.02. The standard InChI is InChI=1S/C40H32N8O15S4.Cu.4Na/c1-21-12-26(7-11-32(21)45-44-27-5-2-22-14-29(64-61-58-51)17-38(31(22)16-27)67(54,55)56)43-47-34-18-35(49)33(19-36(34)65-62-59-52)46-48-39-37(66-63-60-53)15-23-13-25(6-10-30(23)40(39)50)42-20-57-28-8-3-24(41)4-9-28;;;;;/h2-19,42,49-53H,20,41H2,1H3,(H,54,55,56);;;;;/q;;4*+1/p-4. The van der Waals surface area contributed by atoms with Crippen molar-refractivity contribution >= 4 is 113 Å². The van der Waals surface area contributed by atoms with Gasteiger partial charge in [-0.2, -0.15) is 28.3 Å². The molecule has 0 heterocycles. The van der Waals surface area contributed by atoms with Gasteiger partial charge in [0.2, 0.25) is 0 Å². The number of rotatable bonds is 20. The second-order valence-corrected chi connectivity index (χ2v) is 17.0. The number of nitrogens with zero attached hydrogens (tertiary/aromatic N) is 6. The molecule has 0 spiro atoms. The predicted octanol–water partition coefficient (Wildman–Crippen LogP) is -3.40. The third-order valence-corrected chi connectivity index (χ3v) is 11.8. The third kappa shape index (κ3) is 18.1. The maximum atomic E-state index is 12.1. The van der Waals surface area contributed by atoms with Gasteiger partial charge in [-0.1, -0.05) is 6.07 Å². The van der Waals surface area contributed by atoms with Gasteiger partial charge in [-0.05, 0) is 120 Å². The molecule has 0 aromatic heterocycles. The first-order valence-corrected chi connectivity index (χ1v) is 22.1. The van der Waals surface area contributed by atoms with E-state index in [-0.39, 0.29) is 191 Å². The van der Waals surface area contributed by atoms with E-state index in [9.17, 15) is 39.0 Å². The van der Waals surface area contributed by atoms with Crippen LogP contribution in [0.2, 0.25) is 0 Å². The van der Waals surface area contributed by atoms with Gasteiger partial charge >= 0.3 is 118 Å². The van der Waals surface area contributed by atoms with E-state index in [0.29, 0.717) is 86.3 Å². The van der Waals surface area contributed by atoms with E-state index in [1.807, 2.05) is 0 Å². The number of fused-ring (bicyclic) bond motifs is 2. The number of phenols is 2. The normalized spacial score (nSPS) is 11.2.